The lowest BCUT2D eigenvalue weighted by Crippen LogP contribution is -2.27. The van der Waals surface area contributed by atoms with Gasteiger partial charge < -0.3 is 11.1 Å². The van der Waals surface area contributed by atoms with Crippen LogP contribution in [0, 0.1) is 0 Å². The van der Waals surface area contributed by atoms with Gasteiger partial charge >= 0.3 is 0 Å². The monoisotopic (exact) mass is 358 g/mol. The van der Waals surface area contributed by atoms with Crippen molar-refractivity contribution in [1.29, 1.82) is 0 Å². The summed E-state index contributed by atoms with van der Waals surface area (Å²) >= 11 is 0. The summed E-state index contributed by atoms with van der Waals surface area (Å²) in [6.45, 7) is 6.63. The van der Waals surface area contributed by atoms with Crippen LogP contribution >= 0.6 is 0 Å². The van der Waals surface area contributed by atoms with Gasteiger partial charge in [-0.05, 0) is 24.0 Å². The summed E-state index contributed by atoms with van der Waals surface area (Å²) in [5.41, 5.74) is 8.32. The molecule has 0 aliphatic rings. The number of nitrogens with one attached hydrogen (secondary N) is 1. The molecule has 0 atom stereocenters. The Kier molecular flexibility index (Phi) is 12.6. The Morgan fingerprint density at radius 2 is 1.38 bits per heavy atom. The summed E-state index contributed by atoms with van der Waals surface area (Å²) in [6, 6.07) is 8.54. The summed E-state index contributed by atoms with van der Waals surface area (Å²) in [4.78, 5) is 11.6. The average molecular weight is 359 g/mol. The Balaban J connectivity index is 2.08. The second-order valence-corrected chi connectivity index (χ2v) is 7.24. The number of carbonyl (C=O) groups excluding carboxylic acids is 1. The maximum absolute atomic E-state index is 11.6. The van der Waals surface area contributed by atoms with E-state index < -0.39 is 0 Å². The molecule has 0 saturated heterocycles. The van der Waals surface area contributed by atoms with Gasteiger partial charge in [0.25, 0.3) is 0 Å². The topological polar surface area (TPSA) is 55.1 Å². The predicted molar refractivity (Wildman–Crippen MR) is 112 cm³/mol. The van der Waals surface area contributed by atoms with Gasteiger partial charge in [-0.2, -0.15) is 0 Å². The molecule has 0 heterocycles. The zero-order valence-corrected chi connectivity index (χ0v) is 16.7. The van der Waals surface area contributed by atoms with E-state index in [0.717, 1.165) is 12.0 Å². The van der Waals surface area contributed by atoms with Crippen LogP contribution in [0.25, 0.3) is 0 Å². The third-order valence-corrected chi connectivity index (χ3v) is 4.86. The van der Waals surface area contributed by atoms with Crippen molar-refractivity contribution in [3.63, 3.8) is 0 Å². The van der Waals surface area contributed by atoms with Crippen LogP contribution in [0.4, 0.5) is 0 Å². The van der Waals surface area contributed by atoms with Crippen LogP contribution < -0.4 is 11.1 Å². The van der Waals surface area contributed by atoms with Crippen molar-refractivity contribution in [3.8, 4) is 0 Å². The highest BCUT2D eigenvalue weighted by Gasteiger charge is 2.04. The number of amides is 1. The third-order valence-electron chi connectivity index (χ3n) is 4.86. The van der Waals surface area contributed by atoms with E-state index in [0.29, 0.717) is 12.1 Å². The second kappa shape index (κ2) is 14.5. The summed E-state index contributed by atoms with van der Waals surface area (Å²) in [6.07, 6.45) is 14.9. The molecule has 146 valence electrons. The molecule has 1 amide bonds. The van der Waals surface area contributed by atoms with Crippen LogP contribution in [0.2, 0.25) is 0 Å². The molecule has 0 unspecified atom stereocenters. The zero-order chi connectivity index (χ0) is 19.0. The van der Waals surface area contributed by atoms with Crippen LogP contribution in [0.5, 0.6) is 0 Å². The summed E-state index contributed by atoms with van der Waals surface area (Å²) in [5.74, 6) is -0.165. The smallest absolute Gasteiger partial charge is 0.248 e. The van der Waals surface area contributed by atoms with Gasteiger partial charge in [-0.25, -0.2) is 0 Å². The summed E-state index contributed by atoms with van der Waals surface area (Å²) in [5, 5.41) is 2.84. The van der Waals surface area contributed by atoms with E-state index in [-0.39, 0.29) is 12.5 Å². The Bertz CT molecular complexity index is 507. The highest BCUT2D eigenvalue weighted by Crippen LogP contribution is 2.13. The van der Waals surface area contributed by atoms with Crippen LogP contribution in [-0.4, -0.2) is 12.5 Å². The van der Waals surface area contributed by atoms with E-state index in [4.69, 9.17) is 5.73 Å². The number of hydrogen-bond donors (Lipinski definition) is 2. The van der Waals surface area contributed by atoms with Crippen molar-refractivity contribution in [1.82, 2.24) is 5.32 Å². The summed E-state index contributed by atoms with van der Waals surface area (Å²) < 4.78 is 0. The molecular formula is C23H38N2O. The minimum atomic E-state index is -0.165. The lowest BCUT2D eigenvalue weighted by molar-refractivity contribution is -0.117. The normalized spacial score (nSPS) is 10.7. The number of rotatable bonds is 15. The Labute approximate surface area is 160 Å². The Hall–Kier alpha value is -1.61. The highest BCUT2D eigenvalue weighted by molar-refractivity contribution is 5.93. The van der Waals surface area contributed by atoms with Crippen molar-refractivity contribution >= 4 is 5.91 Å². The molecule has 0 spiro atoms. The lowest BCUT2D eigenvalue weighted by Gasteiger charge is -2.07. The molecular weight excluding hydrogens is 320 g/mol. The molecule has 1 aromatic rings. The number of nitrogens with two attached hydrogens (primary N) is 1. The number of unbranched alkanes of at least 4 members (excludes halogenated alkanes) is 9. The fraction of sp³-hybridized carbons (Fsp3) is 0.609. The fourth-order valence-corrected chi connectivity index (χ4v) is 3.04. The highest BCUT2D eigenvalue weighted by atomic mass is 16.1. The predicted octanol–water partition coefficient (Wildman–Crippen LogP) is 5.28. The first-order valence-corrected chi connectivity index (χ1v) is 10.4. The van der Waals surface area contributed by atoms with Crippen molar-refractivity contribution in [2.45, 2.75) is 84.1 Å². The zero-order valence-electron chi connectivity index (χ0n) is 16.7. The molecule has 3 nitrogen and oxygen atoms in total. The molecule has 0 aliphatic carbocycles. The van der Waals surface area contributed by atoms with Gasteiger partial charge in [0, 0.05) is 18.7 Å². The summed E-state index contributed by atoms with van der Waals surface area (Å²) in [7, 11) is 0. The van der Waals surface area contributed by atoms with Gasteiger partial charge in [0.15, 0.2) is 0 Å². The van der Waals surface area contributed by atoms with E-state index in [1.807, 2.05) is 0 Å². The van der Waals surface area contributed by atoms with E-state index in [1.165, 1.54) is 69.8 Å². The van der Waals surface area contributed by atoms with Gasteiger partial charge in [-0.15, -0.1) is 0 Å². The molecule has 0 radical (unpaired) electrons. The molecule has 26 heavy (non-hydrogen) atoms. The standard InChI is InChI=1S/C23H38N2O/c1-3-4-5-6-7-8-9-10-11-12-13-21-14-16-22(17-15-21)19-25-23(26)20(2)18-24/h14-17H,2-13,18-19,24H2,1H3,(H,25,26). The van der Waals surface area contributed by atoms with Crippen molar-refractivity contribution < 1.29 is 4.79 Å². The molecule has 0 aromatic heterocycles. The molecule has 1 aromatic carbocycles. The molecule has 3 heteroatoms. The van der Waals surface area contributed by atoms with Crippen LogP contribution in [0.1, 0.15) is 82.3 Å². The van der Waals surface area contributed by atoms with Gasteiger partial charge in [0.05, 0.1) is 0 Å². The van der Waals surface area contributed by atoms with Crippen molar-refractivity contribution in [2.24, 2.45) is 5.73 Å². The maximum Gasteiger partial charge on any atom is 0.248 e. The first-order valence-electron chi connectivity index (χ1n) is 10.4. The Morgan fingerprint density at radius 1 is 0.885 bits per heavy atom. The minimum absolute atomic E-state index is 0.165. The second-order valence-electron chi connectivity index (χ2n) is 7.24. The number of aryl methyl sites for hydroxylation is 1. The van der Waals surface area contributed by atoms with E-state index in [1.54, 1.807) is 0 Å². The number of carbonyl (C=O) groups is 1. The van der Waals surface area contributed by atoms with Crippen molar-refractivity contribution in [3.05, 3.63) is 47.5 Å². The number of hydrogen-bond acceptors (Lipinski definition) is 2. The van der Waals surface area contributed by atoms with Gasteiger partial charge in [0.2, 0.25) is 5.91 Å². The van der Waals surface area contributed by atoms with Crippen LogP contribution in [0.3, 0.4) is 0 Å². The first-order chi connectivity index (χ1) is 12.7. The number of benzene rings is 1. The van der Waals surface area contributed by atoms with Crippen LogP contribution in [-0.2, 0) is 17.8 Å². The SMILES string of the molecule is C=C(CN)C(=O)NCc1ccc(CCCCCCCCCCCC)cc1. The minimum Gasteiger partial charge on any atom is -0.348 e. The molecule has 0 saturated carbocycles. The largest absolute Gasteiger partial charge is 0.348 e. The fourth-order valence-electron chi connectivity index (χ4n) is 3.04. The first kappa shape index (κ1) is 22.4. The van der Waals surface area contributed by atoms with Crippen molar-refractivity contribution in [2.75, 3.05) is 6.54 Å². The van der Waals surface area contributed by atoms with Gasteiger partial charge in [-0.3, -0.25) is 4.79 Å². The quantitative estimate of drug-likeness (QED) is 0.331. The van der Waals surface area contributed by atoms with Crippen LogP contribution in [0.15, 0.2) is 36.4 Å². The average Bonchev–Trinajstić information content (AvgIpc) is 2.67. The van der Waals surface area contributed by atoms with E-state index >= 15 is 0 Å². The molecule has 1 rings (SSSR count). The maximum atomic E-state index is 11.6. The Morgan fingerprint density at radius 3 is 1.92 bits per heavy atom. The van der Waals surface area contributed by atoms with Gasteiger partial charge in [-0.1, -0.05) is 95.6 Å². The van der Waals surface area contributed by atoms with Gasteiger partial charge in [0.1, 0.15) is 0 Å². The third kappa shape index (κ3) is 10.4. The lowest BCUT2D eigenvalue weighted by atomic mass is 10.0. The molecule has 0 fully saturated rings. The molecule has 0 aliphatic heterocycles. The molecule has 0 bridgehead atoms. The van der Waals surface area contributed by atoms with E-state index in [9.17, 15) is 4.79 Å². The van der Waals surface area contributed by atoms with E-state index in [2.05, 4.69) is 43.1 Å². The molecule has 3 N–H and O–H groups in total.